The summed E-state index contributed by atoms with van der Waals surface area (Å²) in [5, 5.41) is 6.11. The molecular formula is C20H28N4O2. The highest BCUT2D eigenvalue weighted by Gasteiger charge is 2.10. The van der Waals surface area contributed by atoms with Crippen LogP contribution in [0.25, 0.3) is 0 Å². The van der Waals surface area contributed by atoms with E-state index in [1.165, 1.54) is 0 Å². The third-order valence-electron chi connectivity index (χ3n) is 4.01. The van der Waals surface area contributed by atoms with Crippen LogP contribution in [0.3, 0.4) is 0 Å². The van der Waals surface area contributed by atoms with Gasteiger partial charge in [-0.3, -0.25) is 4.79 Å². The molecule has 6 nitrogen and oxygen atoms in total. The Hall–Kier alpha value is -2.63. The van der Waals surface area contributed by atoms with Crippen molar-refractivity contribution in [2.24, 2.45) is 0 Å². The Labute approximate surface area is 155 Å². The number of benzene rings is 1. The fourth-order valence-corrected chi connectivity index (χ4v) is 2.54. The summed E-state index contributed by atoms with van der Waals surface area (Å²) in [6.07, 6.45) is 4.15. The lowest BCUT2D eigenvalue weighted by Gasteiger charge is -2.09. The van der Waals surface area contributed by atoms with Crippen LogP contribution in [-0.2, 0) is 6.42 Å². The van der Waals surface area contributed by atoms with E-state index in [4.69, 9.17) is 4.74 Å². The minimum absolute atomic E-state index is 0.180. The lowest BCUT2D eigenvalue weighted by molar-refractivity contribution is 0.0949. The number of ether oxygens (including phenoxy) is 1. The van der Waals surface area contributed by atoms with Crippen LogP contribution in [0, 0.1) is 6.92 Å². The Morgan fingerprint density at radius 2 is 1.88 bits per heavy atom. The highest BCUT2D eigenvalue weighted by molar-refractivity contribution is 5.92. The molecule has 0 saturated heterocycles. The predicted octanol–water partition coefficient (Wildman–Crippen LogP) is 3.37. The Kier molecular flexibility index (Phi) is 7.86. The molecular weight excluding hydrogens is 328 g/mol. The number of aromatic nitrogens is 2. The Morgan fingerprint density at radius 3 is 2.58 bits per heavy atom. The fourth-order valence-electron chi connectivity index (χ4n) is 2.54. The van der Waals surface area contributed by atoms with Crippen molar-refractivity contribution in [3.05, 3.63) is 47.3 Å². The second kappa shape index (κ2) is 10.4. The first-order chi connectivity index (χ1) is 12.6. The topological polar surface area (TPSA) is 76.1 Å². The molecule has 2 aromatic rings. The lowest BCUT2D eigenvalue weighted by atomic mass is 10.1. The zero-order chi connectivity index (χ0) is 18.8. The first-order valence-corrected chi connectivity index (χ1v) is 9.13. The van der Waals surface area contributed by atoms with E-state index in [2.05, 4.69) is 27.5 Å². The maximum absolute atomic E-state index is 12.4. The van der Waals surface area contributed by atoms with Crippen LogP contribution in [-0.4, -0.2) is 36.1 Å². The maximum atomic E-state index is 12.4. The van der Waals surface area contributed by atoms with Gasteiger partial charge in [0.15, 0.2) is 0 Å². The molecule has 0 bridgehead atoms. The van der Waals surface area contributed by atoms with Crippen molar-refractivity contribution in [1.82, 2.24) is 15.3 Å². The van der Waals surface area contributed by atoms with E-state index in [-0.39, 0.29) is 5.91 Å². The van der Waals surface area contributed by atoms with Crippen molar-refractivity contribution in [2.75, 3.05) is 25.5 Å². The largest absolute Gasteiger partial charge is 0.497 e. The second-order valence-electron chi connectivity index (χ2n) is 6.21. The first-order valence-electron chi connectivity index (χ1n) is 9.13. The fraction of sp³-hybridized carbons (Fsp3) is 0.450. The summed E-state index contributed by atoms with van der Waals surface area (Å²) in [5.74, 6) is 1.16. The zero-order valence-electron chi connectivity index (χ0n) is 15.8. The molecule has 0 atom stereocenters. The highest BCUT2D eigenvalue weighted by Crippen LogP contribution is 2.11. The second-order valence-corrected chi connectivity index (χ2v) is 6.21. The van der Waals surface area contributed by atoms with Crippen LogP contribution in [0.5, 0.6) is 5.75 Å². The van der Waals surface area contributed by atoms with Crippen LogP contribution in [0.2, 0.25) is 0 Å². The number of anilines is 1. The molecule has 26 heavy (non-hydrogen) atoms. The number of unbranched alkanes of at least 4 members (excludes halogenated alkanes) is 2. The third-order valence-corrected chi connectivity index (χ3v) is 4.01. The number of carbonyl (C=O) groups excluding carboxylic acids is 1. The summed E-state index contributed by atoms with van der Waals surface area (Å²) < 4.78 is 5.14. The van der Waals surface area contributed by atoms with Crippen molar-refractivity contribution in [1.29, 1.82) is 0 Å². The van der Waals surface area contributed by atoms with Crippen molar-refractivity contribution in [3.8, 4) is 5.75 Å². The first kappa shape index (κ1) is 19.7. The van der Waals surface area contributed by atoms with Crippen molar-refractivity contribution in [2.45, 2.75) is 39.5 Å². The van der Waals surface area contributed by atoms with Gasteiger partial charge in [-0.1, -0.05) is 31.9 Å². The number of hydrogen-bond acceptors (Lipinski definition) is 5. The van der Waals surface area contributed by atoms with E-state index in [1.807, 2.05) is 31.2 Å². The molecule has 0 aliphatic heterocycles. The van der Waals surface area contributed by atoms with E-state index in [1.54, 1.807) is 13.2 Å². The SMILES string of the molecule is CCCCCNc1nc(C)cc(C(=O)NCCc2ccc(OC)cc2)n1. The van der Waals surface area contributed by atoms with Crippen LogP contribution in [0.15, 0.2) is 30.3 Å². The maximum Gasteiger partial charge on any atom is 0.270 e. The van der Waals surface area contributed by atoms with Gasteiger partial charge < -0.3 is 15.4 Å². The number of methoxy groups -OCH3 is 1. The molecule has 1 aromatic carbocycles. The quantitative estimate of drug-likeness (QED) is 0.638. The van der Waals surface area contributed by atoms with Gasteiger partial charge in [0, 0.05) is 18.8 Å². The molecule has 1 heterocycles. The van der Waals surface area contributed by atoms with Gasteiger partial charge in [-0.25, -0.2) is 9.97 Å². The Bertz CT molecular complexity index is 701. The van der Waals surface area contributed by atoms with Gasteiger partial charge >= 0.3 is 0 Å². The molecule has 140 valence electrons. The van der Waals surface area contributed by atoms with E-state index >= 15 is 0 Å². The average molecular weight is 356 g/mol. The summed E-state index contributed by atoms with van der Waals surface area (Å²) in [6, 6.07) is 9.54. The summed E-state index contributed by atoms with van der Waals surface area (Å²) in [5.41, 5.74) is 2.31. The Balaban J connectivity index is 1.86. The summed E-state index contributed by atoms with van der Waals surface area (Å²) in [6.45, 7) is 5.40. The van der Waals surface area contributed by atoms with Crippen molar-refractivity contribution in [3.63, 3.8) is 0 Å². The predicted molar refractivity (Wildman–Crippen MR) is 104 cm³/mol. The number of amides is 1. The van der Waals surface area contributed by atoms with Crippen molar-refractivity contribution >= 4 is 11.9 Å². The van der Waals surface area contributed by atoms with Gasteiger partial charge in [-0.2, -0.15) is 0 Å². The van der Waals surface area contributed by atoms with Gasteiger partial charge in [-0.05, 0) is 43.5 Å². The molecule has 0 aliphatic carbocycles. The zero-order valence-corrected chi connectivity index (χ0v) is 15.8. The van der Waals surface area contributed by atoms with Crippen LogP contribution in [0.1, 0.15) is 47.9 Å². The molecule has 0 spiro atoms. The number of rotatable bonds is 10. The Morgan fingerprint density at radius 1 is 1.12 bits per heavy atom. The standard InChI is InChI=1S/C20H28N4O2/c1-4-5-6-12-22-20-23-15(2)14-18(24-20)19(25)21-13-11-16-7-9-17(26-3)10-8-16/h7-10,14H,4-6,11-13H2,1-3H3,(H,21,25)(H,22,23,24). The van der Waals surface area contributed by atoms with E-state index in [0.29, 0.717) is 18.2 Å². The molecule has 0 aliphatic rings. The minimum atomic E-state index is -0.180. The normalized spacial score (nSPS) is 10.4. The third kappa shape index (κ3) is 6.35. The molecule has 1 aromatic heterocycles. The molecule has 0 saturated carbocycles. The number of carbonyl (C=O) groups is 1. The average Bonchev–Trinajstić information content (AvgIpc) is 2.65. The lowest BCUT2D eigenvalue weighted by Crippen LogP contribution is -2.27. The number of nitrogens with one attached hydrogen (secondary N) is 2. The van der Waals surface area contributed by atoms with Crippen molar-refractivity contribution < 1.29 is 9.53 Å². The van der Waals surface area contributed by atoms with Gasteiger partial charge in [0.2, 0.25) is 5.95 Å². The van der Waals surface area contributed by atoms with Gasteiger partial charge in [-0.15, -0.1) is 0 Å². The molecule has 2 rings (SSSR count). The molecule has 0 fully saturated rings. The molecule has 2 N–H and O–H groups in total. The van der Waals surface area contributed by atoms with Crippen LogP contribution < -0.4 is 15.4 Å². The monoisotopic (exact) mass is 356 g/mol. The smallest absolute Gasteiger partial charge is 0.270 e. The summed E-state index contributed by atoms with van der Waals surface area (Å²) in [7, 11) is 1.64. The van der Waals surface area contributed by atoms with Gasteiger partial charge in [0.1, 0.15) is 11.4 Å². The van der Waals surface area contributed by atoms with Gasteiger partial charge in [0.05, 0.1) is 7.11 Å². The van der Waals surface area contributed by atoms with Crippen LogP contribution >= 0.6 is 0 Å². The molecule has 1 amide bonds. The van der Waals surface area contributed by atoms with E-state index in [0.717, 1.165) is 49.2 Å². The number of aryl methyl sites for hydroxylation is 1. The molecule has 0 radical (unpaired) electrons. The number of hydrogen-bond donors (Lipinski definition) is 2. The highest BCUT2D eigenvalue weighted by atomic mass is 16.5. The summed E-state index contributed by atoms with van der Waals surface area (Å²) >= 11 is 0. The van der Waals surface area contributed by atoms with E-state index in [9.17, 15) is 4.79 Å². The number of nitrogens with zero attached hydrogens (tertiary/aromatic N) is 2. The minimum Gasteiger partial charge on any atom is -0.497 e. The van der Waals surface area contributed by atoms with E-state index < -0.39 is 0 Å². The van der Waals surface area contributed by atoms with Crippen LogP contribution in [0.4, 0.5) is 5.95 Å². The van der Waals surface area contributed by atoms with Gasteiger partial charge in [0.25, 0.3) is 5.91 Å². The molecule has 6 heteroatoms. The summed E-state index contributed by atoms with van der Waals surface area (Å²) in [4.78, 5) is 21.0. The molecule has 0 unspecified atom stereocenters.